The molecule has 1 spiro atoms. The van der Waals surface area contributed by atoms with Crippen LogP contribution in [0.1, 0.15) is 44.5 Å². The summed E-state index contributed by atoms with van der Waals surface area (Å²) in [7, 11) is 0. The molecule has 0 unspecified atom stereocenters. The molecule has 16 rings (SSSR count). The fraction of sp³-hybridized carbons (Fsp3) is 0.0270. The maximum absolute atomic E-state index is 2.56. The van der Waals surface area contributed by atoms with Crippen molar-refractivity contribution in [3.8, 4) is 50.2 Å². The fourth-order valence-electron chi connectivity index (χ4n) is 14.1. The zero-order valence-electron chi connectivity index (χ0n) is 41.6. The minimum atomic E-state index is -0.606. The number of anilines is 3. The van der Waals surface area contributed by atoms with Gasteiger partial charge in [-0.1, -0.05) is 249 Å². The van der Waals surface area contributed by atoms with E-state index in [2.05, 4.69) is 301 Å². The van der Waals surface area contributed by atoms with Crippen molar-refractivity contribution >= 4 is 38.9 Å². The van der Waals surface area contributed by atoms with Gasteiger partial charge in [0, 0.05) is 27.7 Å². The van der Waals surface area contributed by atoms with E-state index in [0.29, 0.717) is 0 Å². The van der Waals surface area contributed by atoms with E-state index >= 15 is 0 Å². The lowest BCUT2D eigenvalue weighted by Gasteiger charge is -2.40. The molecule has 0 radical (unpaired) electrons. The molecular weight excluding hydrogens is 917 g/mol. The largest absolute Gasteiger partial charge is 0.310 e. The highest BCUT2D eigenvalue weighted by molar-refractivity contribution is 6.13. The van der Waals surface area contributed by atoms with Crippen LogP contribution in [-0.4, -0.2) is 4.57 Å². The van der Waals surface area contributed by atoms with Crippen LogP contribution in [-0.2, 0) is 10.8 Å². The van der Waals surface area contributed by atoms with Gasteiger partial charge in [-0.3, -0.25) is 0 Å². The van der Waals surface area contributed by atoms with Gasteiger partial charge in [0.2, 0.25) is 0 Å². The summed E-state index contributed by atoms with van der Waals surface area (Å²) in [6, 6.07) is 109. The third-order valence-corrected chi connectivity index (χ3v) is 17.1. The minimum Gasteiger partial charge on any atom is -0.310 e. The van der Waals surface area contributed by atoms with E-state index in [1.54, 1.807) is 0 Å². The maximum atomic E-state index is 2.56. The Morgan fingerprint density at radius 3 is 1.39 bits per heavy atom. The lowest BCUT2D eigenvalue weighted by Crippen LogP contribution is -2.33. The molecule has 0 saturated carbocycles. The highest BCUT2D eigenvalue weighted by atomic mass is 15.1. The average molecular weight is 965 g/mol. The molecule has 2 heteroatoms. The topological polar surface area (TPSA) is 8.17 Å². The van der Waals surface area contributed by atoms with Gasteiger partial charge in [0.1, 0.15) is 0 Å². The van der Waals surface area contributed by atoms with Crippen LogP contribution in [0.3, 0.4) is 0 Å². The Kier molecular flexibility index (Phi) is 9.20. The highest BCUT2D eigenvalue weighted by Crippen LogP contribution is 2.63. The second kappa shape index (κ2) is 16.4. The number of hydrogen-bond donors (Lipinski definition) is 0. The Labute approximate surface area is 442 Å². The van der Waals surface area contributed by atoms with E-state index in [0.717, 1.165) is 17.1 Å². The third-order valence-electron chi connectivity index (χ3n) is 17.1. The predicted octanol–water partition coefficient (Wildman–Crippen LogP) is 18.6. The lowest BCUT2D eigenvalue weighted by molar-refractivity contribution is 0.748. The van der Waals surface area contributed by atoms with E-state index in [-0.39, 0.29) is 0 Å². The molecule has 13 aromatic rings. The third kappa shape index (κ3) is 5.76. The lowest BCUT2D eigenvalue weighted by atomic mass is 9.65. The van der Waals surface area contributed by atoms with Gasteiger partial charge in [0.15, 0.2) is 0 Å². The molecule has 354 valence electrons. The van der Waals surface area contributed by atoms with Crippen LogP contribution >= 0.6 is 0 Å². The molecule has 2 aliphatic carbocycles. The van der Waals surface area contributed by atoms with Gasteiger partial charge in [0.05, 0.1) is 33.2 Å². The standard InChI is InChI=1S/C74H48N2/c1-4-20-49(21-5-1)50-38-40-51(41-39-50)52-42-44-55(45-43-52)75(70-37-19-34-65-71(70)61-29-12-16-33-64(61)73(65,53-22-6-2-7-23-53)54-24-8-3-9-25-54)56-46-47-69-67(48-56)74(62-31-14-10-26-57(62)58-27-11-15-32-63(58)74)66-35-18-30-60-59-28-13-17-36-68(59)76(69)72(60)66/h1-48H. The van der Waals surface area contributed by atoms with E-state index < -0.39 is 10.8 Å². The first-order valence-electron chi connectivity index (χ1n) is 26.5. The van der Waals surface area contributed by atoms with Gasteiger partial charge >= 0.3 is 0 Å². The number of rotatable bonds is 7. The molecule has 1 aromatic heterocycles. The van der Waals surface area contributed by atoms with Crippen LogP contribution < -0.4 is 4.90 Å². The number of nitrogens with zero attached hydrogens (tertiary/aromatic N) is 2. The quantitative estimate of drug-likeness (QED) is 0.155. The summed E-state index contributed by atoms with van der Waals surface area (Å²) in [5, 5.41) is 2.54. The molecular formula is C74H48N2. The molecule has 12 aromatic carbocycles. The summed E-state index contributed by atoms with van der Waals surface area (Å²) in [4.78, 5) is 2.55. The van der Waals surface area contributed by atoms with E-state index in [1.165, 1.54) is 117 Å². The number of fused-ring (bicyclic) bond motifs is 15. The van der Waals surface area contributed by atoms with Crippen molar-refractivity contribution in [2.24, 2.45) is 0 Å². The van der Waals surface area contributed by atoms with Gasteiger partial charge in [-0.2, -0.15) is 0 Å². The normalized spacial score (nSPS) is 13.7. The van der Waals surface area contributed by atoms with Gasteiger partial charge in [-0.15, -0.1) is 0 Å². The van der Waals surface area contributed by atoms with Gasteiger partial charge in [-0.25, -0.2) is 0 Å². The summed E-state index contributed by atoms with van der Waals surface area (Å²) in [5.41, 5.74) is 25.9. The van der Waals surface area contributed by atoms with Crippen LogP contribution in [0.25, 0.3) is 72.0 Å². The molecule has 0 amide bonds. The fourth-order valence-corrected chi connectivity index (χ4v) is 14.1. The Morgan fingerprint density at radius 2 is 0.750 bits per heavy atom. The first-order chi connectivity index (χ1) is 37.7. The number of hydrogen-bond acceptors (Lipinski definition) is 1. The van der Waals surface area contributed by atoms with Crippen LogP contribution in [0.2, 0.25) is 0 Å². The van der Waals surface area contributed by atoms with Crippen molar-refractivity contribution in [3.05, 3.63) is 336 Å². The van der Waals surface area contributed by atoms with Crippen molar-refractivity contribution < 1.29 is 0 Å². The second-order valence-corrected chi connectivity index (χ2v) is 20.6. The first-order valence-corrected chi connectivity index (χ1v) is 26.5. The van der Waals surface area contributed by atoms with Crippen LogP contribution in [0.4, 0.5) is 17.1 Å². The summed E-state index contributed by atoms with van der Waals surface area (Å²) in [6.45, 7) is 0. The van der Waals surface area contributed by atoms with E-state index in [9.17, 15) is 0 Å². The minimum absolute atomic E-state index is 0.562. The van der Waals surface area contributed by atoms with Crippen LogP contribution in [0, 0.1) is 0 Å². The van der Waals surface area contributed by atoms with Crippen LogP contribution in [0.5, 0.6) is 0 Å². The maximum Gasteiger partial charge on any atom is 0.0755 e. The Morgan fingerprint density at radius 1 is 0.289 bits per heavy atom. The molecule has 2 heterocycles. The SMILES string of the molecule is c1ccc(-c2ccc(-c3ccc(N(c4ccc5c(c4)C4(c6ccccc6-c6ccccc64)c4cccc6c7ccccc7n-5c46)c4cccc5c4-c4ccccc4C5(c4ccccc4)c4ccccc4)cc3)cc2)cc1. The Bertz CT molecular complexity index is 4350. The number of aromatic nitrogens is 1. The smallest absolute Gasteiger partial charge is 0.0755 e. The predicted molar refractivity (Wildman–Crippen MR) is 315 cm³/mol. The number of benzene rings is 12. The van der Waals surface area contributed by atoms with Crippen molar-refractivity contribution in [1.82, 2.24) is 4.57 Å². The molecule has 0 saturated heterocycles. The van der Waals surface area contributed by atoms with Crippen molar-refractivity contribution in [1.29, 1.82) is 0 Å². The average Bonchev–Trinajstić information content (AvgIpc) is 4.31. The molecule has 0 fully saturated rings. The van der Waals surface area contributed by atoms with Crippen molar-refractivity contribution in [2.75, 3.05) is 4.90 Å². The Hall–Kier alpha value is -9.76. The second-order valence-electron chi connectivity index (χ2n) is 20.6. The Balaban J connectivity index is 0.980. The molecule has 76 heavy (non-hydrogen) atoms. The molecule has 2 nitrogen and oxygen atoms in total. The van der Waals surface area contributed by atoms with Gasteiger partial charge < -0.3 is 9.47 Å². The highest BCUT2D eigenvalue weighted by Gasteiger charge is 2.52. The van der Waals surface area contributed by atoms with E-state index in [4.69, 9.17) is 0 Å². The summed E-state index contributed by atoms with van der Waals surface area (Å²) in [5.74, 6) is 0. The van der Waals surface area contributed by atoms with Crippen molar-refractivity contribution in [2.45, 2.75) is 10.8 Å². The molecule has 1 aliphatic heterocycles. The monoisotopic (exact) mass is 964 g/mol. The van der Waals surface area contributed by atoms with Crippen LogP contribution in [0.15, 0.2) is 291 Å². The molecule has 0 N–H and O–H groups in total. The molecule has 0 bridgehead atoms. The zero-order chi connectivity index (χ0) is 50.0. The van der Waals surface area contributed by atoms with Gasteiger partial charge in [-0.05, 0) is 126 Å². The first kappa shape index (κ1) is 42.7. The zero-order valence-corrected chi connectivity index (χ0v) is 41.6. The molecule has 3 aliphatic rings. The summed E-state index contributed by atoms with van der Waals surface area (Å²) < 4.78 is 2.56. The summed E-state index contributed by atoms with van der Waals surface area (Å²) >= 11 is 0. The van der Waals surface area contributed by atoms with E-state index in [1.807, 2.05) is 0 Å². The molecule has 0 atom stereocenters. The number of para-hydroxylation sites is 2. The summed E-state index contributed by atoms with van der Waals surface area (Å²) in [6.07, 6.45) is 0. The van der Waals surface area contributed by atoms with Gasteiger partial charge in [0.25, 0.3) is 0 Å². The van der Waals surface area contributed by atoms with Crippen molar-refractivity contribution in [3.63, 3.8) is 0 Å².